The van der Waals surface area contributed by atoms with E-state index in [0.717, 1.165) is 13.1 Å². The molecule has 0 fully saturated rings. The number of benzene rings is 1. The van der Waals surface area contributed by atoms with Gasteiger partial charge in [-0.3, -0.25) is 4.79 Å². The van der Waals surface area contributed by atoms with Gasteiger partial charge in [0.15, 0.2) is 0 Å². The lowest BCUT2D eigenvalue weighted by molar-refractivity contribution is 0.0957. The molecule has 5 heteroatoms. The van der Waals surface area contributed by atoms with Crippen LogP contribution >= 0.6 is 0 Å². The van der Waals surface area contributed by atoms with Gasteiger partial charge in [-0.1, -0.05) is 36.4 Å². The van der Waals surface area contributed by atoms with Crippen molar-refractivity contribution in [2.45, 2.75) is 13.5 Å². The quantitative estimate of drug-likeness (QED) is 0.797. The molecule has 2 aromatic rings. The molecule has 5 nitrogen and oxygen atoms in total. The van der Waals surface area contributed by atoms with Gasteiger partial charge in [0.1, 0.15) is 0 Å². The molecule has 1 aromatic carbocycles. The van der Waals surface area contributed by atoms with Gasteiger partial charge in [0.25, 0.3) is 5.91 Å². The molecule has 0 aliphatic heterocycles. The molecule has 2 rings (SSSR count). The molecule has 1 heterocycles. The van der Waals surface area contributed by atoms with E-state index in [1.165, 1.54) is 5.56 Å². The molecule has 114 valence electrons. The van der Waals surface area contributed by atoms with Crippen LogP contribution in [0.4, 0.5) is 5.95 Å². The third-order valence-corrected chi connectivity index (χ3v) is 3.19. The second-order valence-electron chi connectivity index (χ2n) is 4.77. The van der Waals surface area contributed by atoms with Crippen LogP contribution in [-0.4, -0.2) is 29.0 Å². The fraction of sp³-hybridized carbons (Fsp3) is 0.235. The van der Waals surface area contributed by atoms with Gasteiger partial charge < -0.3 is 10.2 Å². The highest BCUT2D eigenvalue weighted by molar-refractivity contribution is 5.93. The SMILES string of the molecule is C=CCNC(=O)c1cnc(N(CC)Cc2ccccc2)nc1. The molecule has 0 unspecified atom stereocenters. The number of carbonyl (C=O) groups excluding carboxylic acids is 1. The Hall–Kier alpha value is -2.69. The highest BCUT2D eigenvalue weighted by Gasteiger charge is 2.10. The van der Waals surface area contributed by atoms with E-state index in [4.69, 9.17) is 0 Å². The Morgan fingerprint density at radius 2 is 1.95 bits per heavy atom. The first-order valence-corrected chi connectivity index (χ1v) is 7.24. The third kappa shape index (κ3) is 4.15. The first-order chi connectivity index (χ1) is 10.7. The average molecular weight is 296 g/mol. The summed E-state index contributed by atoms with van der Waals surface area (Å²) in [5.74, 6) is 0.421. The van der Waals surface area contributed by atoms with E-state index in [9.17, 15) is 4.79 Å². The third-order valence-electron chi connectivity index (χ3n) is 3.19. The molecule has 0 aliphatic carbocycles. The molecule has 0 saturated heterocycles. The van der Waals surface area contributed by atoms with Gasteiger partial charge >= 0.3 is 0 Å². The molecule has 0 radical (unpaired) electrons. The Labute approximate surface area is 130 Å². The van der Waals surface area contributed by atoms with Crippen LogP contribution in [0.2, 0.25) is 0 Å². The summed E-state index contributed by atoms with van der Waals surface area (Å²) in [6.07, 6.45) is 4.73. The van der Waals surface area contributed by atoms with Crippen LogP contribution in [0.5, 0.6) is 0 Å². The Bertz CT molecular complexity index is 610. The van der Waals surface area contributed by atoms with Crippen molar-refractivity contribution in [1.29, 1.82) is 0 Å². The summed E-state index contributed by atoms with van der Waals surface area (Å²) in [5, 5.41) is 2.70. The van der Waals surface area contributed by atoms with Crippen LogP contribution in [0, 0.1) is 0 Å². The normalized spacial score (nSPS) is 10.0. The van der Waals surface area contributed by atoms with Crippen molar-refractivity contribution in [1.82, 2.24) is 15.3 Å². The second-order valence-corrected chi connectivity index (χ2v) is 4.77. The monoisotopic (exact) mass is 296 g/mol. The zero-order valence-electron chi connectivity index (χ0n) is 12.7. The van der Waals surface area contributed by atoms with E-state index < -0.39 is 0 Å². The molecular weight excluding hydrogens is 276 g/mol. The van der Waals surface area contributed by atoms with Crippen molar-refractivity contribution < 1.29 is 4.79 Å². The molecule has 0 bridgehead atoms. The largest absolute Gasteiger partial charge is 0.348 e. The summed E-state index contributed by atoms with van der Waals surface area (Å²) in [6, 6.07) is 10.2. The summed E-state index contributed by atoms with van der Waals surface area (Å²) in [5.41, 5.74) is 1.64. The molecular formula is C17H20N4O. The molecule has 1 amide bonds. The molecule has 1 N–H and O–H groups in total. The Kier molecular flexibility index (Phi) is 5.65. The number of nitrogens with one attached hydrogen (secondary N) is 1. The Morgan fingerprint density at radius 3 is 2.55 bits per heavy atom. The molecule has 0 spiro atoms. The summed E-state index contributed by atoms with van der Waals surface area (Å²) in [6.45, 7) is 7.56. The van der Waals surface area contributed by atoms with Crippen LogP contribution in [0.25, 0.3) is 0 Å². The summed E-state index contributed by atoms with van der Waals surface area (Å²) in [7, 11) is 0. The zero-order chi connectivity index (χ0) is 15.8. The van der Waals surface area contributed by atoms with Crippen LogP contribution in [0.15, 0.2) is 55.4 Å². The lowest BCUT2D eigenvalue weighted by Gasteiger charge is -2.20. The fourth-order valence-corrected chi connectivity index (χ4v) is 2.00. The molecule has 0 aliphatic rings. The Morgan fingerprint density at radius 1 is 1.27 bits per heavy atom. The number of hydrogen-bond donors (Lipinski definition) is 1. The van der Waals surface area contributed by atoms with Crippen LogP contribution in [0.1, 0.15) is 22.8 Å². The molecule has 1 aromatic heterocycles. The topological polar surface area (TPSA) is 58.1 Å². The van der Waals surface area contributed by atoms with Gasteiger partial charge in [-0.15, -0.1) is 6.58 Å². The van der Waals surface area contributed by atoms with Gasteiger partial charge in [-0.2, -0.15) is 0 Å². The van der Waals surface area contributed by atoms with Crippen molar-refractivity contribution in [2.75, 3.05) is 18.0 Å². The van der Waals surface area contributed by atoms with Crippen LogP contribution in [0.3, 0.4) is 0 Å². The number of amides is 1. The van der Waals surface area contributed by atoms with Gasteiger partial charge in [0.05, 0.1) is 5.56 Å². The smallest absolute Gasteiger partial charge is 0.254 e. The average Bonchev–Trinajstić information content (AvgIpc) is 2.58. The highest BCUT2D eigenvalue weighted by atomic mass is 16.1. The fourth-order valence-electron chi connectivity index (χ4n) is 2.00. The lowest BCUT2D eigenvalue weighted by Crippen LogP contribution is -2.26. The van der Waals surface area contributed by atoms with E-state index in [2.05, 4.69) is 45.8 Å². The molecule has 22 heavy (non-hydrogen) atoms. The summed E-state index contributed by atoms with van der Waals surface area (Å²) >= 11 is 0. The maximum atomic E-state index is 11.8. The highest BCUT2D eigenvalue weighted by Crippen LogP contribution is 2.11. The van der Waals surface area contributed by atoms with Crippen molar-refractivity contribution in [3.63, 3.8) is 0 Å². The van der Waals surface area contributed by atoms with Gasteiger partial charge in [-0.05, 0) is 12.5 Å². The van der Waals surface area contributed by atoms with E-state index in [-0.39, 0.29) is 5.91 Å². The minimum absolute atomic E-state index is 0.197. The number of nitrogens with zero attached hydrogens (tertiary/aromatic N) is 3. The standard InChI is InChI=1S/C17H20N4O/c1-3-10-18-16(22)15-11-19-17(20-12-15)21(4-2)13-14-8-6-5-7-9-14/h3,5-9,11-12H,1,4,10,13H2,2H3,(H,18,22). The number of hydrogen-bond acceptors (Lipinski definition) is 4. The number of carbonyl (C=O) groups is 1. The lowest BCUT2D eigenvalue weighted by atomic mass is 10.2. The van der Waals surface area contributed by atoms with Crippen LogP contribution < -0.4 is 10.2 Å². The zero-order valence-corrected chi connectivity index (χ0v) is 12.7. The van der Waals surface area contributed by atoms with E-state index in [0.29, 0.717) is 18.1 Å². The number of anilines is 1. The van der Waals surface area contributed by atoms with E-state index in [1.807, 2.05) is 18.2 Å². The maximum Gasteiger partial charge on any atom is 0.254 e. The predicted octanol–water partition coefficient (Wildman–Crippen LogP) is 2.42. The van der Waals surface area contributed by atoms with Gasteiger partial charge in [0, 0.05) is 32.0 Å². The van der Waals surface area contributed by atoms with Gasteiger partial charge in [-0.25, -0.2) is 9.97 Å². The second kappa shape index (κ2) is 7.93. The molecule has 0 atom stereocenters. The number of aromatic nitrogens is 2. The van der Waals surface area contributed by atoms with Crippen molar-refractivity contribution in [3.8, 4) is 0 Å². The summed E-state index contributed by atoms with van der Waals surface area (Å²) < 4.78 is 0. The minimum Gasteiger partial charge on any atom is -0.348 e. The van der Waals surface area contributed by atoms with Crippen LogP contribution in [-0.2, 0) is 6.54 Å². The predicted molar refractivity (Wildman–Crippen MR) is 87.7 cm³/mol. The van der Waals surface area contributed by atoms with Gasteiger partial charge in [0.2, 0.25) is 5.95 Å². The first kappa shape index (κ1) is 15.7. The first-order valence-electron chi connectivity index (χ1n) is 7.24. The van der Waals surface area contributed by atoms with E-state index in [1.54, 1.807) is 18.5 Å². The van der Waals surface area contributed by atoms with Crippen molar-refractivity contribution >= 4 is 11.9 Å². The number of rotatable bonds is 7. The maximum absolute atomic E-state index is 11.8. The molecule has 0 saturated carbocycles. The van der Waals surface area contributed by atoms with Crippen molar-refractivity contribution in [2.24, 2.45) is 0 Å². The minimum atomic E-state index is -0.197. The van der Waals surface area contributed by atoms with E-state index >= 15 is 0 Å². The summed E-state index contributed by atoms with van der Waals surface area (Å²) in [4.78, 5) is 22.5. The Balaban J connectivity index is 2.07. The van der Waals surface area contributed by atoms with Crippen molar-refractivity contribution in [3.05, 3.63) is 66.5 Å².